The fourth-order valence-electron chi connectivity index (χ4n) is 2.64. The highest BCUT2D eigenvalue weighted by Crippen LogP contribution is 2.33. The molecule has 3 aromatic rings. The first-order valence-corrected chi connectivity index (χ1v) is 9.51. The van der Waals surface area contributed by atoms with E-state index in [1.165, 1.54) is 6.92 Å². The van der Waals surface area contributed by atoms with Gasteiger partial charge in [0.15, 0.2) is 0 Å². The van der Waals surface area contributed by atoms with E-state index in [1.807, 2.05) is 48.7 Å². The van der Waals surface area contributed by atoms with Crippen LogP contribution in [-0.4, -0.2) is 22.4 Å². The molecular weight excluding hydrogens is 356 g/mol. The van der Waals surface area contributed by atoms with Gasteiger partial charge in [-0.3, -0.25) is 4.79 Å². The maximum Gasteiger partial charge on any atom is 0.216 e. The van der Waals surface area contributed by atoms with E-state index in [2.05, 4.69) is 33.5 Å². The van der Waals surface area contributed by atoms with Gasteiger partial charge in [0.05, 0.1) is 22.6 Å². The Bertz CT molecular complexity index is 929. The Balaban J connectivity index is 1.74. The average molecular weight is 376 g/mol. The Morgan fingerprint density at radius 3 is 2.63 bits per heavy atom. The smallest absolute Gasteiger partial charge is 0.216 e. The van der Waals surface area contributed by atoms with Gasteiger partial charge in [0.2, 0.25) is 5.91 Å². The Kier molecular flexibility index (Phi) is 6.29. The summed E-state index contributed by atoms with van der Waals surface area (Å²) in [4.78, 5) is 20.4. The number of hydrogen-bond donors (Lipinski definition) is 2. The summed E-state index contributed by atoms with van der Waals surface area (Å²) in [6.45, 7) is 2.04. The number of nitrogens with zero attached hydrogens (tertiary/aromatic N) is 2. The largest absolute Gasteiger partial charge is 0.355 e. The van der Waals surface area contributed by atoms with E-state index in [9.17, 15) is 4.79 Å². The summed E-state index contributed by atoms with van der Waals surface area (Å²) >= 11 is 1.69. The predicted octanol–water partition coefficient (Wildman–Crippen LogP) is 3.84. The molecule has 0 spiro atoms. The third-order valence-corrected chi connectivity index (χ3v) is 5.26. The number of carbonyl (C=O) groups is 1. The van der Waals surface area contributed by atoms with Crippen molar-refractivity contribution in [3.8, 4) is 6.07 Å². The van der Waals surface area contributed by atoms with Gasteiger partial charge in [-0.2, -0.15) is 5.26 Å². The van der Waals surface area contributed by atoms with E-state index < -0.39 is 0 Å². The van der Waals surface area contributed by atoms with Crippen molar-refractivity contribution < 1.29 is 4.79 Å². The number of nitrogens with one attached hydrogen (secondary N) is 2. The number of hydrogen-bond acceptors (Lipinski definition) is 4. The highest BCUT2D eigenvalue weighted by atomic mass is 32.2. The minimum atomic E-state index is -0.0500. The molecule has 0 saturated heterocycles. The predicted molar refractivity (Wildman–Crippen MR) is 106 cm³/mol. The standard InChI is InChI=1S/C21H20N4OS/c1-15(26)23-14-20(27-18-5-3-2-4-6-18)19-13-24-21(25-19)11-16-7-9-17(12-22)10-8-16/h2-10,13,20H,11,14H2,1H3,(H,23,26)(H,24,25). The van der Waals surface area contributed by atoms with Crippen molar-refractivity contribution in [2.75, 3.05) is 6.54 Å². The first kappa shape index (κ1) is 18.7. The highest BCUT2D eigenvalue weighted by Gasteiger charge is 2.17. The third-order valence-electron chi connectivity index (χ3n) is 4.01. The fourth-order valence-corrected chi connectivity index (χ4v) is 3.69. The molecule has 2 N–H and O–H groups in total. The second-order valence-electron chi connectivity index (χ2n) is 6.13. The number of thioether (sulfide) groups is 1. The number of imidazole rings is 1. The van der Waals surface area contributed by atoms with E-state index in [-0.39, 0.29) is 11.2 Å². The normalized spacial score (nSPS) is 11.6. The van der Waals surface area contributed by atoms with Crippen LogP contribution in [0, 0.1) is 11.3 Å². The molecule has 136 valence electrons. The minimum absolute atomic E-state index is 0.0403. The van der Waals surface area contributed by atoms with Crippen LogP contribution in [0.5, 0.6) is 0 Å². The molecule has 0 bridgehead atoms. The second kappa shape index (κ2) is 9.06. The molecule has 0 aliphatic carbocycles. The van der Waals surface area contributed by atoms with Crippen molar-refractivity contribution in [3.05, 3.63) is 83.4 Å². The van der Waals surface area contributed by atoms with Gasteiger partial charge in [-0.15, -0.1) is 11.8 Å². The Hall–Kier alpha value is -3.04. The van der Waals surface area contributed by atoms with Crippen LogP contribution < -0.4 is 5.32 Å². The summed E-state index contributed by atoms with van der Waals surface area (Å²) in [5, 5.41) is 11.8. The zero-order chi connectivity index (χ0) is 19.1. The molecule has 2 aromatic carbocycles. The molecule has 0 aliphatic heterocycles. The average Bonchev–Trinajstić information content (AvgIpc) is 3.15. The number of carbonyl (C=O) groups excluding carboxylic acids is 1. The van der Waals surface area contributed by atoms with Crippen molar-refractivity contribution in [3.63, 3.8) is 0 Å². The number of rotatable bonds is 7. The summed E-state index contributed by atoms with van der Waals surface area (Å²) in [7, 11) is 0. The third kappa shape index (κ3) is 5.47. The Morgan fingerprint density at radius 2 is 1.96 bits per heavy atom. The monoisotopic (exact) mass is 376 g/mol. The number of benzene rings is 2. The molecule has 27 heavy (non-hydrogen) atoms. The zero-order valence-corrected chi connectivity index (χ0v) is 15.8. The van der Waals surface area contributed by atoms with Gasteiger partial charge < -0.3 is 10.3 Å². The zero-order valence-electron chi connectivity index (χ0n) is 15.0. The molecule has 0 radical (unpaired) electrons. The SMILES string of the molecule is CC(=O)NCC(Sc1ccccc1)c1cnc(Cc2ccc(C#N)cc2)[nH]1. The van der Waals surface area contributed by atoms with Crippen molar-refractivity contribution in [2.24, 2.45) is 0 Å². The number of aromatic nitrogens is 2. The number of aromatic amines is 1. The minimum Gasteiger partial charge on any atom is -0.355 e. The molecule has 0 fully saturated rings. The van der Waals surface area contributed by atoms with Gasteiger partial charge in [-0.1, -0.05) is 30.3 Å². The van der Waals surface area contributed by atoms with Crippen LogP contribution in [0.1, 0.15) is 34.8 Å². The van der Waals surface area contributed by atoms with Gasteiger partial charge in [-0.25, -0.2) is 4.98 Å². The van der Waals surface area contributed by atoms with E-state index in [0.717, 1.165) is 22.0 Å². The molecular formula is C21H20N4OS. The van der Waals surface area contributed by atoms with Gasteiger partial charge in [0.1, 0.15) is 5.82 Å². The molecule has 0 saturated carbocycles. The summed E-state index contributed by atoms with van der Waals surface area (Å²) in [6, 6.07) is 19.7. The van der Waals surface area contributed by atoms with Crippen molar-refractivity contribution in [1.82, 2.24) is 15.3 Å². The maximum atomic E-state index is 11.4. The molecule has 1 aromatic heterocycles. The number of nitriles is 1. The molecule has 1 amide bonds. The lowest BCUT2D eigenvalue weighted by molar-refractivity contribution is -0.118. The van der Waals surface area contributed by atoms with Crippen LogP contribution in [0.3, 0.4) is 0 Å². The van der Waals surface area contributed by atoms with Gasteiger partial charge in [-0.05, 0) is 29.8 Å². The van der Waals surface area contributed by atoms with Crippen molar-refractivity contribution in [1.29, 1.82) is 5.26 Å². The van der Waals surface area contributed by atoms with Gasteiger partial charge >= 0.3 is 0 Å². The van der Waals surface area contributed by atoms with Gasteiger partial charge in [0.25, 0.3) is 0 Å². The van der Waals surface area contributed by atoms with E-state index in [0.29, 0.717) is 18.5 Å². The molecule has 6 heteroatoms. The summed E-state index contributed by atoms with van der Waals surface area (Å²) in [6.07, 6.45) is 2.50. The topological polar surface area (TPSA) is 81.6 Å². The quantitative estimate of drug-likeness (QED) is 0.614. The molecule has 0 aliphatic rings. The van der Waals surface area contributed by atoms with Crippen LogP contribution >= 0.6 is 11.8 Å². The van der Waals surface area contributed by atoms with E-state index in [4.69, 9.17) is 5.26 Å². The lowest BCUT2D eigenvalue weighted by atomic mass is 10.1. The summed E-state index contributed by atoms with van der Waals surface area (Å²) < 4.78 is 0. The molecule has 1 heterocycles. The van der Waals surface area contributed by atoms with Crippen molar-refractivity contribution in [2.45, 2.75) is 23.5 Å². The molecule has 3 rings (SSSR count). The van der Waals surface area contributed by atoms with Crippen LogP contribution in [-0.2, 0) is 11.2 Å². The fraction of sp³-hybridized carbons (Fsp3) is 0.190. The van der Waals surface area contributed by atoms with E-state index >= 15 is 0 Å². The number of H-pyrrole nitrogens is 1. The first-order valence-electron chi connectivity index (χ1n) is 8.63. The van der Waals surface area contributed by atoms with E-state index in [1.54, 1.807) is 11.8 Å². The molecule has 5 nitrogen and oxygen atoms in total. The van der Waals surface area contributed by atoms with Crippen LogP contribution in [0.15, 0.2) is 65.7 Å². The number of amides is 1. The Morgan fingerprint density at radius 1 is 1.22 bits per heavy atom. The van der Waals surface area contributed by atoms with Crippen molar-refractivity contribution >= 4 is 17.7 Å². The lowest BCUT2D eigenvalue weighted by Crippen LogP contribution is -2.24. The Labute approximate surface area is 162 Å². The van der Waals surface area contributed by atoms with Gasteiger partial charge in [0, 0.05) is 31.0 Å². The lowest BCUT2D eigenvalue weighted by Gasteiger charge is -2.15. The highest BCUT2D eigenvalue weighted by molar-refractivity contribution is 7.99. The second-order valence-corrected chi connectivity index (χ2v) is 7.40. The maximum absolute atomic E-state index is 11.4. The summed E-state index contributed by atoms with van der Waals surface area (Å²) in [5.41, 5.74) is 2.71. The molecule has 1 atom stereocenters. The molecule has 1 unspecified atom stereocenters. The van der Waals surface area contributed by atoms with Crippen LogP contribution in [0.2, 0.25) is 0 Å². The first-order chi connectivity index (χ1) is 13.1. The summed E-state index contributed by atoms with van der Waals surface area (Å²) in [5.74, 6) is 0.808. The van der Waals surface area contributed by atoms with Crippen LogP contribution in [0.25, 0.3) is 0 Å². The van der Waals surface area contributed by atoms with Crippen LogP contribution in [0.4, 0.5) is 0 Å².